The first-order valence-electron chi connectivity index (χ1n) is 5.21. The fourth-order valence-corrected chi connectivity index (χ4v) is 1.69. The van der Waals surface area contributed by atoms with Crippen molar-refractivity contribution in [2.75, 3.05) is 25.1 Å². The van der Waals surface area contributed by atoms with Gasteiger partial charge in [0.2, 0.25) is 0 Å². The topological polar surface area (TPSA) is 67.3 Å². The van der Waals surface area contributed by atoms with E-state index >= 15 is 0 Å². The van der Waals surface area contributed by atoms with Crippen LogP contribution in [0, 0.1) is 0 Å². The third-order valence-electron chi connectivity index (χ3n) is 2.65. The Morgan fingerprint density at radius 1 is 1.38 bits per heavy atom. The van der Waals surface area contributed by atoms with Gasteiger partial charge in [0, 0.05) is 32.6 Å². The molecule has 0 spiro atoms. The van der Waals surface area contributed by atoms with Crippen LogP contribution in [0.5, 0.6) is 0 Å². The Hall–Kier alpha value is -0.910. The van der Waals surface area contributed by atoms with E-state index in [9.17, 15) is 5.11 Å². The number of nitrogens with zero attached hydrogens (tertiary/aromatic N) is 2. The van der Waals surface area contributed by atoms with Gasteiger partial charge in [0.25, 0.3) is 0 Å². The molecule has 0 radical (unpaired) electrons. The zero-order valence-electron chi connectivity index (χ0n) is 8.82. The number of aliphatic hydroxyl groups is 1. The maximum Gasteiger partial charge on any atom is 0.151 e. The highest BCUT2D eigenvalue weighted by Crippen LogP contribution is 2.20. The van der Waals surface area contributed by atoms with Crippen molar-refractivity contribution in [2.24, 2.45) is 0 Å². The monoisotopic (exact) mass is 243 g/mol. The molecule has 0 amide bonds. The number of rotatable bonds is 3. The molecule has 16 heavy (non-hydrogen) atoms. The highest BCUT2D eigenvalue weighted by molar-refractivity contribution is 6.29. The Morgan fingerprint density at radius 2 is 2.12 bits per heavy atom. The zero-order valence-corrected chi connectivity index (χ0v) is 9.57. The molecule has 1 fully saturated rings. The van der Waals surface area contributed by atoms with Gasteiger partial charge in [0.05, 0.1) is 5.60 Å². The van der Waals surface area contributed by atoms with Gasteiger partial charge in [-0.1, -0.05) is 11.6 Å². The molecular weight excluding hydrogens is 230 g/mol. The molecular formula is C10H14ClN3O2. The molecule has 2 heterocycles. The lowest BCUT2D eigenvalue weighted by Gasteiger charge is -2.32. The molecule has 0 atom stereocenters. The lowest BCUT2D eigenvalue weighted by Crippen LogP contribution is -2.42. The maximum atomic E-state index is 10.2. The van der Waals surface area contributed by atoms with Crippen LogP contribution in [-0.4, -0.2) is 40.7 Å². The van der Waals surface area contributed by atoms with Gasteiger partial charge in [-0.05, 0) is 12.1 Å². The number of hydrogen-bond acceptors (Lipinski definition) is 5. The van der Waals surface area contributed by atoms with E-state index in [1.807, 2.05) is 0 Å². The first-order chi connectivity index (χ1) is 7.68. The standard InChI is InChI=1S/C10H14ClN3O2/c11-8-1-2-9(14-13-8)12-7-10(15)3-5-16-6-4-10/h1-2,15H,3-7H2,(H,12,14). The molecule has 88 valence electrons. The van der Waals surface area contributed by atoms with Gasteiger partial charge in [-0.3, -0.25) is 0 Å². The first-order valence-corrected chi connectivity index (χ1v) is 5.59. The largest absolute Gasteiger partial charge is 0.388 e. The summed E-state index contributed by atoms with van der Waals surface area (Å²) in [4.78, 5) is 0. The molecule has 1 aromatic rings. The molecule has 0 aromatic carbocycles. The van der Waals surface area contributed by atoms with Gasteiger partial charge in [-0.15, -0.1) is 10.2 Å². The molecule has 2 N–H and O–H groups in total. The summed E-state index contributed by atoms with van der Waals surface area (Å²) in [6.07, 6.45) is 1.28. The molecule has 0 bridgehead atoms. The van der Waals surface area contributed by atoms with Crippen molar-refractivity contribution in [3.05, 3.63) is 17.3 Å². The Balaban J connectivity index is 1.88. The van der Waals surface area contributed by atoms with Gasteiger partial charge < -0.3 is 15.2 Å². The van der Waals surface area contributed by atoms with Crippen LogP contribution in [-0.2, 0) is 4.74 Å². The minimum absolute atomic E-state index is 0.357. The number of nitrogens with one attached hydrogen (secondary N) is 1. The Bertz CT molecular complexity index is 338. The van der Waals surface area contributed by atoms with Gasteiger partial charge >= 0.3 is 0 Å². The number of ether oxygens (including phenoxy) is 1. The Morgan fingerprint density at radius 3 is 2.75 bits per heavy atom. The molecule has 0 unspecified atom stereocenters. The smallest absolute Gasteiger partial charge is 0.151 e. The van der Waals surface area contributed by atoms with E-state index in [1.54, 1.807) is 12.1 Å². The molecule has 0 saturated carbocycles. The highest BCUT2D eigenvalue weighted by Gasteiger charge is 2.29. The van der Waals surface area contributed by atoms with Gasteiger partial charge in [-0.2, -0.15) is 0 Å². The predicted octanol–water partition coefficient (Wildman–Crippen LogP) is 1.08. The van der Waals surface area contributed by atoms with Crippen LogP contribution in [0.1, 0.15) is 12.8 Å². The van der Waals surface area contributed by atoms with Crippen LogP contribution in [0.2, 0.25) is 5.15 Å². The summed E-state index contributed by atoms with van der Waals surface area (Å²) in [6.45, 7) is 1.65. The summed E-state index contributed by atoms with van der Waals surface area (Å²) in [6, 6.07) is 3.39. The van der Waals surface area contributed by atoms with E-state index in [0.717, 1.165) is 0 Å². The van der Waals surface area contributed by atoms with Crippen LogP contribution in [0.15, 0.2) is 12.1 Å². The summed E-state index contributed by atoms with van der Waals surface area (Å²) in [5.41, 5.74) is -0.709. The number of hydrogen-bond donors (Lipinski definition) is 2. The van der Waals surface area contributed by atoms with Crippen molar-refractivity contribution < 1.29 is 9.84 Å². The normalized spacial score (nSPS) is 19.4. The summed E-state index contributed by atoms with van der Waals surface area (Å²) in [5, 5.41) is 21.1. The third kappa shape index (κ3) is 3.04. The average Bonchev–Trinajstić information content (AvgIpc) is 2.29. The van der Waals surface area contributed by atoms with Crippen molar-refractivity contribution >= 4 is 17.4 Å². The minimum Gasteiger partial charge on any atom is -0.388 e. The van der Waals surface area contributed by atoms with Gasteiger partial charge in [0.1, 0.15) is 5.82 Å². The highest BCUT2D eigenvalue weighted by atomic mass is 35.5. The SMILES string of the molecule is OC1(CNc2ccc(Cl)nn2)CCOCC1. The van der Waals surface area contributed by atoms with E-state index in [1.165, 1.54) is 0 Å². The number of anilines is 1. The lowest BCUT2D eigenvalue weighted by atomic mass is 9.94. The van der Waals surface area contributed by atoms with Crippen molar-refractivity contribution in [1.29, 1.82) is 0 Å². The Kier molecular flexibility index (Phi) is 3.58. The number of halogens is 1. The maximum absolute atomic E-state index is 10.2. The van der Waals surface area contributed by atoms with Crippen LogP contribution < -0.4 is 5.32 Å². The van der Waals surface area contributed by atoms with E-state index in [4.69, 9.17) is 16.3 Å². The third-order valence-corrected chi connectivity index (χ3v) is 2.86. The summed E-state index contributed by atoms with van der Waals surface area (Å²) >= 11 is 5.62. The summed E-state index contributed by atoms with van der Waals surface area (Å²) in [7, 11) is 0. The molecule has 1 saturated heterocycles. The summed E-state index contributed by atoms with van der Waals surface area (Å²) in [5.74, 6) is 0.615. The molecule has 2 rings (SSSR count). The lowest BCUT2D eigenvalue weighted by molar-refractivity contribution is -0.0543. The van der Waals surface area contributed by atoms with Gasteiger partial charge in [-0.25, -0.2) is 0 Å². The van der Waals surface area contributed by atoms with Crippen LogP contribution >= 0.6 is 11.6 Å². The van der Waals surface area contributed by atoms with Crippen molar-refractivity contribution in [3.63, 3.8) is 0 Å². The second-order valence-corrected chi connectivity index (χ2v) is 4.32. The van der Waals surface area contributed by atoms with E-state index in [-0.39, 0.29) is 0 Å². The second kappa shape index (κ2) is 4.95. The van der Waals surface area contributed by atoms with Crippen LogP contribution in [0.25, 0.3) is 0 Å². The predicted molar refractivity (Wildman–Crippen MR) is 60.5 cm³/mol. The van der Waals surface area contributed by atoms with Gasteiger partial charge in [0.15, 0.2) is 5.15 Å². The first kappa shape index (κ1) is 11.6. The average molecular weight is 244 g/mol. The van der Waals surface area contributed by atoms with E-state index in [2.05, 4.69) is 15.5 Å². The fraction of sp³-hybridized carbons (Fsp3) is 0.600. The van der Waals surface area contributed by atoms with Crippen LogP contribution in [0.3, 0.4) is 0 Å². The molecule has 1 aliphatic rings. The Labute approximate surface area is 98.8 Å². The minimum atomic E-state index is -0.709. The molecule has 5 nitrogen and oxygen atoms in total. The molecule has 0 aliphatic carbocycles. The van der Waals surface area contributed by atoms with Crippen molar-refractivity contribution in [1.82, 2.24) is 10.2 Å². The second-order valence-electron chi connectivity index (χ2n) is 3.93. The van der Waals surface area contributed by atoms with Crippen molar-refractivity contribution in [3.8, 4) is 0 Å². The zero-order chi connectivity index (χ0) is 11.4. The molecule has 1 aromatic heterocycles. The number of aromatic nitrogens is 2. The van der Waals surface area contributed by atoms with E-state index < -0.39 is 5.60 Å². The van der Waals surface area contributed by atoms with Crippen molar-refractivity contribution in [2.45, 2.75) is 18.4 Å². The molecule has 6 heteroatoms. The fourth-order valence-electron chi connectivity index (χ4n) is 1.59. The van der Waals surface area contributed by atoms with E-state index in [0.29, 0.717) is 43.6 Å². The molecule has 1 aliphatic heterocycles. The summed E-state index contributed by atoms with van der Waals surface area (Å²) < 4.78 is 5.20. The van der Waals surface area contributed by atoms with Crippen LogP contribution in [0.4, 0.5) is 5.82 Å². The quantitative estimate of drug-likeness (QED) is 0.832.